The first-order valence-corrected chi connectivity index (χ1v) is 5.52. The fourth-order valence-electron chi connectivity index (χ4n) is 2.09. The number of nitrogens with one attached hydrogen (secondary N) is 1. The van der Waals surface area contributed by atoms with Crippen LogP contribution in [-0.4, -0.2) is 22.6 Å². The van der Waals surface area contributed by atoms with Crippen LogP contribution in [0, 0.1) is 17.2 Å². The average Bonchev–Trinajstić information content (AvgIpc) is 2.75. The van der Waals surface area contributed by atoms with Crippen LogP contribution in [0.5, 0.6) is 0 Å². The smallest absolute Gasteiger partial charge is 0.212 e. The lowest BCUT2D eigenvalue weighted by Crippen LogP contribution is -2.28. The highest BCUT2D eigenvalue weighted by Crippen LogP contribution is 2.16. The number of imidazole rings is 1. The SMILES string of the molecule is N#Cc1nccn1CCC1CCNCC1. The highest BCUT2D eigenvalue weighted by atomic mass is 15.1. The Morgan fingerprint density at radius 3 is 3.07 bits per heavy atom. The summed E-state index contributed by atoms with van der Waals surface area (Å²) in [7, 11) is 0. The van der Waals surface area contributed by atoms with Crippen molar-refractivity contribution in [2.75, 3.05) is 13.1 Å². The minimum atomic E-state index is 0.531. The number of aryl methyl sites for hydroxylation is 1. The molecule has 1 aliphatic heterocycles. The van der Waals surface area contributed by atoms with E-state index in [-0.39, 0.29) is 0 Å². The molecule has 0 saturated carbocycles. The van der Waals surface area contributed by atoms with E-state index in [9.17, 15) is 0 Å². The zero-order valence-electron chi connectivity index (χ0n) is 8.82. The van der Waals surface area contributed by atoms with Gasteiger partial charge in [-0.15, -0.1) is 0 Å². The Balaban J connectivity index is 1.85. The van der Waals surface area contributed by atoms with Gasteiger partial charge in [0.25, 0.3) is 0 Å². The topological polar surface area (TPSA) is 53.6 Å². The van der Waals surface area contributed by atoms with E-state index >= 15 is 0 Å². The maximum Gasteiger partial charge on any atom is 0.212 e. The molecule has 1 aliphatic rings. The molecule has 4 nitrogen and oxygen atoms in total. The molecule has 0 radical (unpaired) electrons. The third kappa shape index (κ3) is 2.57. The van der Waals surface area contributed by atoms with Crippen molar-refractivity contribution < 1.29 is 0 Å². The molecule has 2 rings (SSSR count). The van der Waals surface area contributed by atoms with Gasteiger partial charge >= 0.3 is 0 Å². The summed E-state index contributed by atoms with van der Waals surface area (Å²) < 4.78 is 1.95. The summed E-state index contributed by atoms with van der Waals surface area (Å²) in [5.41, 5.74) is 0. The predicted molar refractivity (Wildman–Crippen MR) is 57.2 cm³/mol. The zero-order valence-corrected chi connectivity index (χ0v) is 8.82. The molecule has 0 amide bonds. The standard InChI is InChI=1S/C11H16N4/c12-9-11-14-6-8-15(11)7-3-10-1-4-13-5-2-10/h6,8,10,13H,1-5,7H2. The summed E-state index contributed by atoms with van der Waals surface area (Å²) in [6, 6.07) is 2.10. The van der Waals surface area contributed by atoms with Gasteiger partial charge in [0.1, 0.15) is 6.07 Å². The van der Waals surface area contributed by atoms with Crippen LogP contribution >= 0.6 is 0 Å². The molecule has 0 unspecified atom stereocenters. The van der Waals surface area contributed by atoms with Crippen LogP contribution < -0.4 is 5.32 Å². The average molecular weight is 204 g/mol. The normalized spacial score (nSPS) is 17.5. The fourth-order valence-corrected chi connectivity index (χ4v) is 2.09. The number of rotatable bonds is 3. The van der Waals surface area contributed by atoms with Crippen molar-refractivity contribution in [3.8, 4) is 6.07 Å². The molecule has 2 heterocycles. The second kappa shape index (κ2) is 4.94. The molecule has 4 heteroatoms. The Morgan fingerprint density at radius 2 is 2.33 bits per heavy atom. The molecular weight excluding hydrogens is 188 g/mol. The van der Waals surface area contributed by atoms with Gasteiger partial charge in [0.15, 0.2) is 0 Å². The van der Waals surface area contributed by atoms with Crippen LogP contribution in [0.4, 0.5) is 0 Å². The molecule has 0 spiro atoms. The molecule has 1 aromatic heterocycles. The van der Waals surface area contributed by atoms with Crippen molar-refractivity contribution in [1.29, 1.82) is 5.26 Å². The van der Waals surface area contributed by atoms with E-state index < -0.39 is 0 Å². The maximum atomic E-state index is 8.80. The number of nitriles is 1. The van der Waals surface area contributed by atoms with E-state index in [0.29, 0.717) is 5.82 Å². The quantitative estimate of drug-likeness (QED) is 0.803. The highest BCUT2D eigenvalue weighted by molar-refractivity contribution is 5.10. The monoisotopic (exact) mass is 204 g/mol. The molecule has 80 valence electrons. The molecule has 1 N–H and O–H groups in total. The lowest BCUT2D eigenvalue weighted by Gasteiger charge is -2.22. The first kappa shape index (κ1) is 10.2. The lowest BCUT2D eigenvalue weighted by atomic mass is 9.95. The van der Waals surface area contributed by atoms with E-state index in [4.69, 9.17) is 5.26 Å². The molecule has 0 atom stereocenters. The molecule has 1 aromatic rings. The predicted octanol–water partition coefficient (Wildman–Crippen LogP) is 1.14. The minimum absolute atomic E-state index is 0.531. The zero-order chi connectivity index (χ0) is 10.5. The van der Waals surface area contributed by atoms with Gasteiger partial charge in [-0.05, 0) is 38.3 Å². The van der Waals surface area contributed by atoms with Gasteiger partial charge in [0.05, 0.1) is 0 Å². The molecule has 0 aliphatic carbocycles. The molecule has 0 bridgehead atoms. The van der Waals surface area contributed by atoms with Crippen LogP contribution in [0.1, 0.15) is 25.1 Å². The van der Waals surface area contributed by atoms with Crippen molar-refractivity contribution in [1.82, 2.24) is 14.9 Å². The number of hydrogen-bond donors (Lipinski definition) is 1. The Morgan fingerprint density at radius 1 is 1.53 bits per heavy atom. The Labute approximate surface area is 89.9 Å². The van der Waals surface area contributed by atoms with Gasteiger partial charge in [-0.2, -0.15) is 5.26 Å². The fraction of sp³-hybridized carbons (Fsp3) is 0.636. The van der Waals surface area contributed by atoms with E-state index in [1.54, 1.807) is 6.20 Å². The van der Waals surface area contributed by atoms with Crippen LogP contribution in [0.3, 0.4) is 0 Å². The Kier molecular flexibility index (Phi) is 3.36. The number of nitrogens with zero attached hydrogens (tertiary/aromatic N) is 3. The maximum absolute atomic E-state index is 8.80. The Hall–Kier alpha value is -1.34. The van der Waals surface area contributed by atoms with Crippen molar-refractivity contribution in [2.24, 2.45) is 5.92 Å². The second-order valence-electron chi connectivity index (χ2n) is 4.04. The van der Waals surface area contributed by atoms with Gasteiger partial charge in [0, 0.05) is 18.9 Å². The minimum Gasteiger partial charge on any atom is -0.323 e. The molecular formula is C11H16N4. The lowest BCUT2D eigenvalue weighted by molar-refractivity contribution is 0.337. The van der Waals surface area contributed by atoms with Crippen molar-refractivity contribution in [2.45, 2.75) is 25.8 Å². The summed E-state index contributed by atoms with van der Waals surface area (Å²) in [5, 5.41) is 12.2. The van der Waals surface area contributed by atoms with Crippen LogP contribution in [0.15, 0.2) is 12.4 Å². The summed E-state index contributed by atoms with van der Waals surface area (Å²) in [4.78, 5) is 3.99. The first-order valence-electron chi connectivity index (χ1n) is 5.52. The second-order valence-corrected chi connectivity index (χ2v) is 4.04. The third-order valence-electron chi connectivity index (χ3n) is 3.05. The van der Waals surface area contributed by atoms with Gasteiger partial charge < -0.3 is 9.88 Å². The summed E-state index contributed by atoms with van der Waals surface area (Å²) in [6.45, 7) is 3.20. The summed E-state index contributed by atoms with van der Waals surface area (Å²) >= 11 is 0. The molecule has 0 aromatic carbocycles. The van der Waals surface area contributed by atoms with E-state index in [0.717, 1.165) is 32.0 Å². The van der Waals surface area contributed by atoms with Gasteiger partial charge in [-0.3, -0.25) is 0 Å². The Bertz CT molecular complexity index is 344. The van der Waals surface area contributed by atoms with Crippen LogP contribution in [0.25, 0.3) is 0 Å². The van der Waals surface area contributed by atoms with E-state index in [2.05, 4.69) is 16.4 Å². The third-order valence-corrected chi connectivity index (χ3v) is 3.05. The van der Waals surface area contributed by atoms with Crippen LogP contribution in [-0.2, 0) is 6.54 Å². The molecule has 15 heavy (non-hydrogen) atoms. The largest absolute Gasteiger partial charge is 0.323 e. The van der Waals surface area contributed by atoms with Gasteiger partial charge in [0.2, 0.25) is 5.82 Å². The summed E-state index contributed by atoms with van der Waals surface area (Å²) in [6.07, 6.45) is 7.26. The van der Waals surface area contributed by atoms with Crippen molar-refractivity contribution in [3.63, 3.8) is 0 Å². The first-order chi connectivity index (χ1) is 7.40. The number of hydrogen-bond acceptors (Lipinski definition) is 3. The number of piperidine rings is 1. The summed E-state index contributed by atoms with van der Waals surface area (Å²) in [5.74, 6) is 1.34. The van der Waals surface area contributed by atoms with E-state index in [1.807, 2.05) is 10.8 Å². The van der Waals surface area contributed by atoms with Crippen molar-refractivity contribution >= 4 is 0 Å². The van der Waals surface area contributed by atoms with E-state index in [1.165, 1.54) is 12.8 Å². The molecule has 1 fully saturated rings. The van der Waals surface area contributed by atoms with Gasteiger partial charge in [-0.1, -0.05) is 0 Å². The highest BCUT2D eigenvalue weighted by Gasteiger charge is 2.13. The van der Waals surface area contributed by atoms with Crippen molar-refractivity contribution in [3.05, 3.63) is 18.2 Å². The number of aromatic nitrogens is 2. The molecule has 1 saturated heterocycles. The van der Waals surface area contributed by atoms with Gasteiger partial charge in [-0.25, -0.2) is 4.98 Å². The van der Waals surface area contributed by atoms with Crippen LogP contribution in [0.2, 0.25) is 0 Å².